The van der Waals surface area contributed by atoms with Crippen molar-refractivity contribution in [3.05, 3.63) is 17.5 Å². The van der Waals surface area contributed by atoms with E-state index in [0.29, 0.717) is 12.2 Å². The number of hydrogen-bond donors (Lipinski definition) is 1. The molecule has 0 saturated carbocycles. The minimum Gasteiger partial charge on any atom is -0.478 e. The third kappa shape index (κ3) is 2.36. The monoisotopic (exact) mass is 210 g/mol. The molecular formula is C10H14N2O3. The van der Waals surface area contributed by atoms with Crippen LogP contribution in [-0.2, 0) is 6.42 Å². The Balaban J connectivity index is 1.92. The molecule has 15 heavy (non-hydrogen) atoms. The molecule has 1 aliphatic heterocycles. The summed E-state index contributed by atoms with van der Waals surface area (Å²) in [4.78, 5) is 13.1. The molecule has 1 aliphatic rings. The van der Waals surface area contributed by atoms with E-state index in [1.165, 1.54) is 19.0 Å². The van der Waals surface area contributed by atoms with Crippen molar-refractivity contribution in [1.82, 2.24) is 10.1 Å². The predicted molar refractivity (Wildman–Crippen MR) is 52.8 cm³/mol. The van der Waals surface area contributed by atoms with Gasteiger partial charge in [-0.05, 0) is 25.9 Å². The fourth-order valence-electron chi connectivity index (χ4n) is 1.88. The lowest BCUT2D eigenvalue weighted by molar-refractivity contribution is 0.0694. The topological polar surface area (TPSA) is 66.6 Å². The van der Waals surface area contributed by atoms with E-state index >= 15 is 0 Å². The van der Waals surface area contributed by atoms with E-state index in [9.17, 15) is 4.79 Å². The summed E-state index contributed by atoms with van der Waals surface area (Å²) in [6, 6.07) is 0. The first-order valence-corrected chi connectivity index (χ1v) is 5.16. The standard InChI is InChI=1S/C10H14N2O3/c13-10(14)8-7-11-15-9(8)3-6-12-4-1-2-5-12/h7H,1-6H2,(H,13,14). The van der Waals surface area contributed by atoms with Gasteiger partial charge in [-0.3, -0.25) is 0 Å². The highest BCUT2D eigenvalue weighted by Gasteiger charge is 2.17. The largest absolute Gasteiger partial charge is 0.478 e. The van der Waals surface area contributed by atoms with Gasteiger partial charge < -0.3 is 14.5 Å². The van der Waals surface area contributed by atoms with E-state index < -0.39 is 5.97 Å². The smallest absolute Gasteiger partial charge is 0.340 e. The lowest BCUT2D eigenvalue weighted by Gasteiger charge is -2.12. The number of hydrogen-bond acceptors (Lipinski definition) is 4. The highest BCUT2D eigenvalue weighted by molar-refractivity contribution is 5.88. The van der Waals surface area contributed by atoms with E-state index in [0.717, 1.165) is 19.6 Å². The number of carboxylic acid groups (broad SMARTS) is 1. The Labute approximate surface area is 87.7 Å². The Morgan fingerprint density at radius 1 is 1.53 bits per heavy atom. The second kappa shape index (κ2) is 4.44. The molecule has 0 radical (unpaired) electrons. The average Bonchev–Trinajstić information content (AvgIpc) is 2.86. The number of aromatic nitrogens is 1. The van der Waals surface area contributed by atoms with Crippen LogP contribution in [0.5, 0.6) is 0 Å². The number of aromatic carboxylic acids is 1. The first-order chi connectivity index (χ1) is 7.27. The Morgan fingerprint density at radius 3 is 2.93 bits per heavy atom. The van der Waals surface area contributed by atoms with Crippen LogP contribution in [-0.4, -0.2) is 40.8 Å². The molecule has 0 amide bonds. The van der Waals surface area contributed by atoms with Gasteiger partial charge in [0.25, 0.3) is 0 Å². The summed E-state index contributed by atoms with van der Waals surface area (Å²) < 4.78 is 4.93. The van der Waals surface area contributed by atoms with Crippen molar-refractivity contribution in [2.24, 2.45) is 0 Å². The van der Waals surface area contributed by atoms with Crippen LogP contribution in [0, 0.1) is 0 Å². The van der Waals surface area contributed by atoms with Gasteiger partial charge in [-0.1, -0.05) is 5.16 Å². The summed E-state index contributed by atoms with van der Waals surface area (Å²) in [7, 11) is 0. The van der Waals surface area contributed by atoms with E-state index in [1.54, 1.807) is 0 Å². The number of likely N-dealkylation sites (tertiary alicyclic amines) is 1. The van der Waals surface area contributed by atoms with Crippen LogP contribution in [0.2, 0.25) is 0 Å². The highest BCUT2D eigenvalue weighted by Crippen LogP contribution is 2.12. The van der Waals surface area contributed by atoms with E-state index in [1.807, 2.05) is 0 Å². The van der Waals surface area contributed by atoms with Gasteiger partial charge in [0.05, 0.1) is 6.20 Å². The summed E-state index contributed by atoms with van der Waals surface area (Å²) in [5.74, 6) is -0.484. The minimum absolute atomic E-state index is 0.189. The Bertz CT molecular complexity index is 342. The molecule has 1 N–H and O–H groups in total. The maximum Gasteiger partial charge on any atom is 0.340 e. The lowest BCUT2D eigenvalue weighted by Crippen LogP contribution is -2.22. The van der Waals surface area contributed by atoms with E-state index in [2.05, 4.69) is 10.1 Å². The molecule has 82 valence electrons. The minimum atomic E-state index is -0.965. The molecule has 1 aromatic heterocycles. The normalized spacial score (nSPS) is 17.1. The molecule has 2 rings (SSSR count). The van der Waals surface area contributed by atoms with Crippen LogP contribution < -0.4 is 0 Å². The molecule has 2 heterocycles. The zero-order valence-corrected chi connectivity index (χ0v) is 8.48. The number of carboxylic acids is 1. The molecular weight excluding hydrogens is 196 g/mol. The summed E-state index contributed by atoms with van der Waals surface area (Å²) >= 11 is 0. The molecule has 0 bridgehead atoms. The molecule has 5 heteroatoms. The van der Waals surface area contributed by atoms with Crippen molar-refractivity contribution in [2.45, 2.75) is 19.3 Å². The quantitative estimate of drug-likeness (QED) is 0.803. The van der Waals surface area contributed by atoms with Gasteiger partial charge in [-0.2, -0.15) is 0 Å². The van der Waals surface area contributed by atoms with Gasteiger partial charge in [-0.15, -0.1) is 0 Å². The third-order valence-corrected chi connectivity index (χ3v) is 2.73. The van der Waals surface area contributed by atoms with Crippen LogP contribution in [0.3, 0.4) is 0 Å². The first kappa shape index (κ1) is 10.2. The van der Waals surface area contributed by atoms with Crippen molar-refractivity contribution in [3.63, 3.8) is 0 Å². The lowest BCUT2D eigenvalue weighted by atomic mass is 10.2. The number of nitrogens with zero attached hydrogens (tertiary/aromatic N) is 2. The Morgan fingerprint density at radius 2 is 2.27 bits per heavy atom. The molecule has 5 nitrogen and oxygen atoms in total. The van der Waals surface area contributed by atoms with Gasteiger partial charge in [0, 0.05) is 13.0 Å². The number of carbonyl (C=O) groups is 1. The van der Waals surface area contributed by atoms with Gasteiger partial charge >= 0.3 is 5.97 Å². The zero-order valence-electron chi connectivity index (χ0n) is 8.48. The molecule has 1 saturated heterocycles. The molecule has 0 atom stereocenters. The van der Waals surface area contributed by atoms with Crippen LogP contribution in [0.1, 0.15) is 29.0 Å². The summed E-state index contributed by atoms with van der Waals surface area (Å²) in [6.45, 7) is 3.07. The van der Waals surface area contributed by atoms with Crippen LogP contribution in [0.15, 0.2) is 10.7 Å². The molecule has 1 fully saturated rings. The summed E-state index contributed by atoms with van der Waals surface area (Å²) in [5, 5.41) is 12.3. The van der Waals surface area contributed by atoms with Gasteiger partial charge in [0.15, 0.2) is 5.76 Å². The maximum atomic E-state index is 10.8. The molecule has 0 spiro atoms. The van der Waals surface area contributed by atoms with Crippen molar-refractivity contribution in [2.75, 3.05) is 19.6 Å². The van der Waals surface area contributed by atoms with Crippen LogP contribution in [0.4, 0.5) is 0 Å². The predicted octanol–water partition coefficient (Wildman–Crippen LogP) is 1.01. The first-order valence-electron chi connectivity index (χ1n) is 5.16. The van der Waals surface area contributed by atoms with Crippen LogP contribution in [0.25, 0.3) is 0 Å². The fourth-order valence-corrected chi connectivity index (χ4v) is 1.88. The van der Waals surface area contributed by atoms with Gasteiger partial charge in [0.2, 0.25) is 0 Å². The fraction of sp³-hybridized carbons (Fsp3) is 0.600. The van der Waals surface area contributed by atoms with Gasteiger partial charge in [0.1, 0.15) is 5.56 Å². The van der Waals surface area contributed by atoms with E-state index in [-0.39, 0.29) is 5.56 Å². The summed E-state index contributed by atoms with van der Waals surface area (Å²) in [5.41, 5.74) is 0.189. The van der Waals surface area contributed by atoms with Crippen molar-refractivity contribution in [1.29, 1.82) is 0 Å². The molecule has 0 aromatic carbocycles. The third-order valence-electron chi connectivity index (χ3n) is 2.73. The van der Waals surface area contributed by atoms with Gasteiger partial charge in [-0.25, -0.2) is 4.79 Å². The zero-order chi connectivity index (χ0) is 10.7. The second-order valence-corrected chi connectivity index (χ2v) is 3.77. The molecule has 1 aromatic rings. The van der Waals surface area contributed by atoms with E-state index in [4.69, 9.17) is 9.63 Å². The summed E-state index contributed by atoms with van der Waals surface area (Å²) in [6.07, 6.45) is 4.37. The molecule has 0 unspecified atom stereocenters. The van der Waals surface area contributed by atoms with Crippen molar-refractivity contribution >= 4 is 5.97 Å². The number of rotatable bonds is 4. The second-order valence-electron chi connectivity index (χ2n) is 3.77. The Kier molecular flexibility index (Phi) is 3.01. The highest BCUT2D eigenvalue weighted by atomic mass is 16.5. The van der Waals surface area contributed by atoms with Crippen LogP contribution >= 0.6 is 0 Å². The van der Waals surface area contributed by atoms with Crippen molar-refractivity contribution in [3.8, 4) is 0 Å². The maximum absolute atomic E-state index is 10.8. The Hall–Kier alpha value is -1.36. The SMILES string of the molecule is O=C(O)c1cnoc1CCN1CCCC1. The molecule has 0 aliphatic carbocycles. The average molecular weight is 210 g/mol. The van der Waals surface area contributed by atoms with Crippen molar-refractivity contribution < 1.29 is 14.4 Å².